The van der Waals surface area contributed by atoms with E-state index in [1.165, 1.54) is 11.3 Å². The van der Waals surface area contributed by atoms with Crippen molar-refractivity contribution in [2.45, 2.75) is 52.5 Å². The number of nitrogens with zero attached hydrogens (tertiary/aromatic N) is 2. The van der Waals surface area contributed by atoms with Gasteiger partial charge in [0.2, 0.25) is 0 Å². The van der Waals surface area contributed by atoms with Crippen molar-refractivity contribution in [2.75, 3.05) is 31.1 Å². The molecule has 0 saturated carbocycles. The first kappa shape index (κ1) is 23.9. The Hall–Kier alpha value is -2.72. The van der Waals surface area contributed by atoms with Crippen LogP contribution in [0, 0.1) is 6.92 Å². The van der Waals surface area contributed by atoms with Gasteiger partial charge in [-0.15, -0.1) is 6.58 Å². The number of benzene rings is 2. The van der Waals surface area contributed by atoms with Crippen LogP contribution in [0.2, 0.25) is 0 Å². The minimum atomic E-state index is 0.109. The Bertz CT molecular complexity index is 928. The molecule has 1 aliphatic heterocycles. The number of hydrogen-bond acceptors (Lipinski definition) is 4. The third-order valence-electron chi connectivity index (χ3n) is 6.46. The maximum absolute atomic E-state index is 11.1. The first-order valence-electron chi connectivity index (χ1n) is 11.8. The molecule has 4 nitrogen and oxygen atoms in total. The van der Waals surface area contributed by atoms with Gasteiger partial charge in [0, 0.05) is 55.5 Å². The molecule has 32 heavy (non-hydrogen) atoms. The van der Waals surface area contributed by atoms with Crippen LogP contribution < -0.4 is 4.90 Å². The number of para-hydroxylation sites is 1. The highest BCUT2D eigenvalue weighted by molar-refractivity contribution is 5.56. The van der Waals surface area contributed by atoms with E-state index >= 15 is 0 Å². The van der Waals surface area contributed by atoms with Gasteiger partial charge < -0.3 is 15.1 Å². The summed E-state index contributed by atoms with van der Waals surface area (Å²) in [4.78, 5) is 4.82. The predicted octanol–water partition coefficient (Wildman–Crippen LogP) is 6.13. The van der Waals surface area contributed by atoms with E-state index in [2.05, 4.69) is 59.7 Å². The van der Waals surface area contributed by atoms with Gasteiger partial charge in [-0.2, -0.15) is 0 Å². The van der Waals surface area contributed by atoms with Gasteiger partial charge in [0.05, 0.1) is 0 Å². The van der Waals surface area contributed by atoms with E-state index in [0.717, 1.165) is 63.1 Å². The standard InChI is InChI=1S/C25H32N2O2.C3H6/c1-18-7-6-8-20(15-18)24-23(28)16-19(2)22(25(24)29)17-26-11-13-27(14-12-26)21-9-4-3-5-10-21;1-3-2/h3-5,9-10,15-16,20,28-29H,6-8,11-14,17H2,1-2H3;3H,1H2,2H3. The van der Waals surface area contributed by atoms with E-state index in [9.17, 15) is 10.2 Å². The number of phenols is 2. The van der Waals surface area contributed by atoms with Crippen LogP contribution in [0.25, 0.3) is 0 Å². The summed E-state index contributed by atoms with van der Waals surface area (Å²) >= 11 is 0. The molecule has 4 heteroatoms. The molecule has 2 aromatic carbocycles. The highest BCUT2D eigenvalue weighted by atomic mass is 16.3. The molecular formula is C28H38N2O2. The first-order chi connectivity index (χ1) is 15.4. The molecule has 1 unspecified atom stereocenters. The SMILES string of the molecule is C=CC.CC1=CC(c2c(O)cc(C)c(CN3CCN(c4ccccc4)CC3)c2O)CCC1. The van der Waals surface area contributed by atoms with Crippen LogP contribution >= 0.6 is 0 Å². The van der Waals surface area contributed by atoms with Gasteiger partial charge in [0.25, 0.3) is 0 Å². The third-order valence-corrected chi connectivity index (χ3v) is 6.46. The molecule has 2 aliphatic rings. The normalized spacial score (nSPS) is 19.0. The molecule has 1 saturated heterocycles. The predicted molar refractivity (Wildman–Crippen MR) is 135 cm³/mol. The Labute approximate surface area is 193 Å². The van der Waals surface area contributed by atoms with Crippen LogP contribution in [0.3, 0.4) is 0 Å². The molecule has 0 radical (unpaired) electrons. The van der Waals surface area contributed by atoms with Crippen molar-refractivity contribution in [3.05, 3.63) is 77.4 Å². The Morgan fingerprint density at radius 1 is 1.06 bits per heavy atom. The van der Waals surface area contributed by atoms with Crippen LogP contribution in [0.15, 0.2) is 60.7 Å². The number of anilines is 1. The summed E-state index contributed by atoms with van der Waals surface area (Å²) in [7, 11) is 0. The first-order valence-corrected chi connectivity index (χ1v) is 11.8. The molecule has 0 amide bonds. The summed E-state index contributed by atoms with van der Waals surface area (Å²) in [6.07, 6.45) is 7.17. The molecule has 1 atom stereocenters. The molecule has 0 bridgehead atoms. The highest BCUT2D eigenvalue weighted by Gasteiger charge is 2.25. The van der Waals surface area contributed by atoms with Crippen molar-refractivity contribution in [3.63, 3.8) is 0 Å². The summed E-state index contributed by atoms with van der Waals surface area (Å²) in [5.74, 6) is 0.635. The second-order valence-corrected chi connectivity index (χ2v) is 8.97. The van der Waals surface area contributed by atoms with E-state index < -0.39 is 0 Å². The van der Waals surface area contributed by atoms with Crippen molar-refractivity contribution < 1.29 is 10.2 Å². The quantitative estimate of drug-likeness (QED) is 0.568. The minimum Gasteiger partial charge on any atom is -0.507 e. The zero-order valence-electron chi connectivity index (χ0n) is 19.8. The van der Waals surface area contributed by atoms with Gasteiger partial charge in [-0.1, -0.05) is 35.9 Å². The fourth-order valence-corrected chi connectivity index (χ4v) is 4.77. The monoisotopic (exact) mass is 434 g/mol. The third kappa shape index (κ3) is 5.74. The lowest BCUT2D eigenvalue weighted by molar-refractivity contribution is 0.245. The van der Waals surface area contributed by atoms with Crippen molar-refractivity contribution in [1.82, 2.24) is 4.90 Å². The van der Waals surface area contributed by atoms with Gasteiger partial charge >= 0.3 is 0 Å². The van der Waals surface area contributed by atoms with E-state index in [-0.39, 0.29) is 11.7 Å². The van der Waals surface area contributed by atoms with Crippen molar-refractivity contribution in [1.29, 1.82) is 0 Å². The Morgan fingerprint density at radius 2 is 1.72 bits per heavy atom. The second-order valence-electron chi connectivity index (χ2n) is 8.97. The number of aryl methyl sites for hydroxylation is 1. The Balaban J connectivity index is 0.000000913. The fraction of sp³-hybridized carbons (Fsp3) is 0.429. The maximum atomic E-state index is 11.1. The molecule has 1 aliphatic carbocycles. The number of phenolic OH excluding ortho intramolecular Hbond substituents is 2. The highest BCUT2D eigenvalue weighted by Crippen LogP contribution is 2.43. The molecular weight excluding hydrogens is 396 g/mol. The Kier molecular flexibility index (Phi) is 8.40. The van der Waals surface area contributed by atoms with Crippen LogP contribution in [-0.2, 0) is 6.54 Å². The fourth-order valence-electron chi connectivity index (χ4n) is 4.77. The molecule has 2 N–H and O–H groups in total. The van der Waals surface area contributed by atoms with Crippen molar-refractivity contribution >= 4 is 5.69 Å². The largest absolute Gasteiger partial charge is 0.507 e. The maximum Gasteiger partial charge on any atom is 0.127 e. The molecule has 1 fully saturated rings. The topological polar surface area (TPSA) is 46.9 Å². The molecule has 2 aromatic rings. The number of allylic oxidation sites excluding steroid dienone is 3. The van der Waals surface area contributed by atoms with E-state index in [0.29, 0.717) is 11.3 Å². The van der Waals surface area contributed by atoms with Crippen molar-refractivity contribution in [3.8, 4) is 11.5 Å². The lowest BCUT2D eigenvalue weighted by Gasteiger charge is -2.36. The number of rotatable bonds is 4. The van der Waals surface area contributed by atoms with E-state index in [1.54, 1.807) is 6.08 Å². The molecule has 4 rings (SSSR count). The summed E-state index contributed by atoms with van der Waals surface area (Å²) in [6, 6.07) is 12.4. The lowest BCUT2D eigenvalue weighted by atomic mass is 9.83. The molecule has 1 heterocycles. The molecule has 0 aromatic heterocycles. The smallest absolute Gasteiger partial charge is 0.127 e. The summed E-state index contributed by atoms with van der Waals surface area (Å²) in [6.45, 7) is 14.0. The van der Waals surface area contributed by atoms with Crippen LogP contribution in [0.5, 0.6) is 11.5 Å². The van der Waals surface area contributed by atoms with Gasteiger partial charge in [-0.05, 0) is 63.8 Å². The zero-order chi connectivity index (χ0) is 23.1. The van der Waals surface area contributed by atoms with Gasteiger partial charge in [-0.3, -0.25) is 4.90 Å². The Morgan fingerprint density at radius 3 is 2.34 bits per heavy atom. The van der Waals surface area contributed by atoms with Gasteiger partial charge in [0.1, 0.15) is 11.5 Å². The van der Waals surface area contributed by atoms with Crippen LogP contribution in [0.4, 0.5) is 5.69 Å². The second kappa shape index (κ2) is 11.2. The van der Waals surface area contributed by atoms with Crippen LogP contribution in [-0.4, -0.2) is 41.3 Å². The van der Waals surface area contributed by atoms with Gasteiger partial charge in [-0.25, -0.2) is 0 Å². The summed E-state index contributed by atoms with van der Waals surface area (Å²) in [5.41, 5.74) is 5.26. The minimum absolute atomic E-state index is 0.109. The average Bonchev–Trinajstić information content (AvgIpc) is 2.78. The van der Waals surface area contributed by atoms with Gasteiger partial charge in [0.15, 0.2) is 0 Å². The summed E-state index contributed by atoms with van der Waals surface area (Å²) < 4.78 is 0. The number of hydrogen-bond donors (Lipinski definition) is 2. The molecule has 172 valence electrons. The van der Waals surface area contributed by atoms with E-state index in [1.807, 2.05) is 19.9 Å². The zero-order valence-corrected chi connectivity index (χ0v) is 19.8. The van der Waals surface area contributed by atoms with Crippen molar-refractivity contribution in [2.24, 2.45) is 0 Å². The van der Waals surface area contributed by atoms with E-state index in [4.69, 9.17) is 0 Å². The lowest BCUT2D eigenvalue weighted by Crippen LogP contribution is -2.46. The molecule has 0 spiro atoms. The number of piperazine rings is 1. The van der Waals surface area contributed by atoms with Crippen LogP contribution in [0.1, 0.15) is 55.7 Å². The number of aromatic hydroxyl groups is 2. The summed E-state index contributed by atoms with van der Waals surface area (Å²) in [5, 5.41) is 21.7. The average molecular weight is 435 g/mol.